The maximum atomic E-state index is 10.8. The molecule has 0 heterocycles. The second-order valence-corrected chi connectivity index (χ2v) is 2.32. The van der Waals surface area contributed by atoms with Crippen LogP contribution in [0.1, 0.15) is 12.8 Å². The molecule has 0 saturated heterocycles. The molecule has 0 aromatic carbocycles. The van der Waals surface area contributed by atoms with Crippen LogP contribution in [0, 0.1) is 12.3 Å². The number of carbonyl (C=O) groups is 2. The third kappa shape index (κ3) is 5.45. The summed E-state index contributed by atoms with van der Waals surface area (Å²) in [4.78, 5) is 20.9. The van der Waals surface area contributed by atoms with Crippen LogP contribution in [-0.2, 0) is 9.59 Å². The summed E-state index contributed by atoms with van der Waals surface area (Å²) in [6.45, 7) is 0.217. The van der Waals surface area contributed by atoms with E-state index in [2.05, 4.69) is 11.2 Å². The lowest BCUT2D eigenvalue weighted by molar-refractivity contribution is -0.121. The molecule has 1 amide bonds. The minimum atomic E-state index is -0.554. The van der Waals surface area contributed by atoms with E-state index >= 15 is 0 Å². The van der Waals surface area contributed by atoms with Gasteiger partial charge in [0.15, 0.2) is 0 Å². The molecule has 66 valence electrons. The highest BCUT2D eigenvalue weighted by atomic mass is 16.1. The fourth-order valence-corrected chi connectivity index (χ4v) is 0.604. The third-order valence-electron chi connectivity index (χ3n) is 1.27. The molecule has 0 aliphatic rings. The lowest BCUT2D eigenvalue weighted by Crippen LogP contribution is -2.27. The third-order valence-corrected chi connectivity index (χ3v) is 1.27. The van der Waals surface area contributed by atoms with Gasteiger partial charge in [-0.25, -0.2) is 0 Å². The molecule has 0 fully saturated rings. The van der Waals surface area contributed by atoms with E-state index in [9.17, 15) is 9.59 Å². The van der Waals surface area contributed by atoms with Crippen molar-refractivity contribution in [1.29, 1.82) is 0 Å². The van der Waals surface area contributed by atoms with Crippen molar-refractivity contribution in [3.8, 4) is 12.3 Å². The smallest absolute Gasteiger partial charge is 0.220 e. The summed E-state index contributed by atoms with van der Waals surface area (Å²) in [5.74, 6) is 2.09. The van der Waals surface area contributed by atoms with Crippen LogP contribution in [0.2, 0.25) is 0 Å². The fraction of sp³-hybridized carbons (Fsp3) is 0.500. The number of hydrogen-bond acceptors (Lipinski definition) is 3. The molecule has 0 rings (SSSR count). The van der Waals surface area contributed by atoms with Gasteiger partial charge in [-0.2, -0.15) is 0 Å². The van der Waals surface area contributed by atoms with Crippen LogP contribution in [0.15, 0.2) is 0 Å². The maximum absolute atomic E-state index is 10.8. The number of nitrogens with two attached hydrogens (primary N) is 1. The van der Waals surface area contributed by atoms with E-state index in [4.69, 9.17) is 12.2 Å². The molecule has 0 aliphatic heterocycles. The first-order chi connectivity index (χ1) is 5.70. The minimum Gasteiger partial charge on any atom is -0.345 e. The summed E-state index contributed by atoms with van der Waals surface area (Å²) in [6.07, 6.45) is 6.13. The van der Waals surface area contributed by atoms with Gasteiger partial charge in [-0.15, -0.1) is 6.42 Å². The van der Waals surface area contributed by atoms with Gasteiger partial charge in [0.25, 0.3) is 0 Å². The van der Waals surface area contributed by atoms with Gasteiger partial charge in [-0.3, -0.25) is 4.79 Å². The molecule has 12 heavy (non-hydrogen) atoms. The van der Waals surface area contributed by atoms with E-state index < -0.39 is 6.04 Å². The Balaban J connectivity index is 3.44. The topological polar surface area (TPSA) is 72.2 Å². The van der Waals surface area contributed by atoms with Crippen molar-refractivity contribution in [2.24, 2.45) is 5.73 Å². The van der Waals surface area contributed by atoms with Crippen molar-refractivity contribution in [3.63, 3.8) is 0 Å². The number of hydrogen-bond donors (Lipinski definition) is 2. The fourth-order valence-electron chi connectivity index (χ4n) is 0.604. The van der Waals surface area contributed by atoms with Crippen LogP contribution in [0.25, 0.3) is 0 Å². The van der Waals surface area contributed by atoms with Gasteiger partial charge in [0.05, 0.1) is 12.6 Å². The molecule has 0 bridgehead atoms. The first-order valence-corrected chi connectivity index (χ1v) is 3.61. The minimum absolute atomic E-state index is 0.176. The first-order valence-electron chi connectivity index (χ1n) is 3.61. The highest BCUT2D eigenvalue weighted by molar-refractivity contribution is 5.76. The first kappa shape index (κ1) is 10.7. The second kappa shape index (κ2) is 6.38. The number of terminal acetylenes is 1. The Labute approximate surface area is 71.5 Å². The van der Waals surface area contributed by atoms with Gasteiger partial charge in [-0.05, 0) is 6.42 Å². The van der Waals surface area contributed by atoms with Gasteiger partial charge in [0.2, 0.25) is 5.91 Å². The van der Waals surface area contributed by atoms with E-state index in [-0.39, 0.29) is 18.9 Å². The summed E-state index contributed by atoms with van der Waals surface area (Å²) < 4.78 is 0. The highest BCUT2D eigenvalue weighted by Gasteiger charge is 2.04. The molecular weight excluding hydrogens is 156 g/mol. The molecule has 4 nitrogen and oxygen atoms in total. The predicted octanol–water partition coefficient (Wildman–Crippen LogP) is -0.958. The molecule has 0 aromatic heterocycles. The molecule has 0 aromatic rings. The summed E-state index contributed by atoms with van der Waals surface area (Å²) in [5, 5.41) is 2.47. The SMILES string of the molecule is C#CCNC(=O)CC[C@H](N)C=O. The number of rotatable bonds is 5. The highest BCUT2D eigenvalue weighted by Crippen LogP contribution is 1.90. The van der Waals surface area contributed by atoms with E-state index in [1.807, 2.05) is 0 Å². The number of aldehydes is 1. The lowest BCUT2D eigenvalue weighted by atomic mass is 10.2. The van der Waals surface area contributed by atoms with E-state index in [0.29, 0.717) is 12.7 Å². The Kier molecular flexibility index (Phi) is 5.66. The van der Waals surface area contributed by atoms with Gasteiger partial charge in [0.1, 0.15) is 6.29 Å². The van der Waals surface area contributed by atoms with Crippen molar-refractivity contribution in [1.82, 2.24) is 5.32 Å². The molecular formula is C8H12N2O2. The average Bonchev–Trinajstić information content (AvgIpc) is 2.10. The van der Waals surface area contributed by atoms with Crippen molar-refractivity contribution in [3.05, 3.63) is 0 Å². The summed E-state index contributed by atoms with van der Waals surface area (Å²) in [5.41, 5.74) is 5.26. The maximum Gasteiger partial charge on any atom is 0.220 e. The van der Waals surface area contributed by atoms with Crippen LogP contribution in [-0.4, -0.2) is 24.8 Å². The standard InChI is InChI=1S/C8H12N2O2/c1-2-5-10-8(12)4-3-7(9)6-11/h1,6-7H,3-5,9H2,(H,10,12)/t7-/m0/s1. The van der Waals surface area contributed by atoms with Crippen LogP contribution in [0.3, 0.4) is 0 Å². The van der Waals surface area contributed by atoms with Crippen LogP contribution >= 0.6 is 0 Å². The van der Waals surface area contributed by atoms with Gasteiger partial charge < -0.3 is 15.8 Å². The normalized spacial score (nSPS) is 11.3. The lowest BCUT2D eigenvalue weighted by Gasteiger charge is -2.02. The quantitative estimate of drug-likeness (QED) is 0.410. The van der Waals surface area contributed by atoms with Crippen molar-refractivity contribution in [2.45, 2.75) is 18.9 Å². The molecule has 0 radical (unpaired) electrons. The molecule has 4 heteroatoms. The average molecular weight is 168 g/mol. The molecule has 0 unspecified atom stereocenters. The predicted molar refractivity (Wildman–Crippen MR) is 45.1 cm³/mol. The van der Waals surface area contributed by atoms with Crippen LogP contribution in [0.5, 0.6) is 0 Å². The Morgan fingerprint density at radius 2 is 2.42 bits per heavy atom. The Morgan fingerprint density at radius 3 is 2.92 bits per heavy atom. The largest absolute Gasteiger partial charge is 0.345 e. The molecule has 0 spiro atoms. The Morgan fingerprint density at radius 1 is 1.75 bits per heavy atom. The summed E-state index contributed by atoms with van der Waals surface area (Å²) in [6, 6.07) is -0.554. The molecule has 3 N–H and O–H groups in total. The van der Waals surface area contributed by atoms with Crippen molar-refractivity contribution < 1.29 is 9.59 Å². The second-order valence-electron chi connectivity index (χ2n) is 2.32. The number of nitrogens with one attached hydrogen (secondary N) is 1. The van der Waals surface area contributed by atoms with Crippen LogP contribution < -0.4 is 11.1 Å². The van der Waals surface area contributed by atoms with Gasteiger partial charge in [0, 0.05) is 6.42 Å². The molecule has 0 saturated carbocycles. The number of amides is 1. The van der Waals surface area contributed by atoms with Crippen molar-refractivity contribution >= 4 is 12.2 Å². The molecule has 1 atom stereocenters. The van der Waals surface area contributed by atoms with Crippen molar-refractivity contribution in [2.75, 3.05) is 6.54 Å². The van der Waals surface area contributed by atoms with E-state index in [1.54, 1.807) is 0 Å². The summed E-state index contributed by atoms with van der Waals surface area (Å²) in [7, 11) is 0. The zero-order chi connectivity index (χ0) is 9.40. The number of carbonyl (C=O) groups excluding carboxylic acids is 2. The van der Waals surface area contributed by atoms with Gasteiger partial charge >= 0.3 is 0 Å². The van der Waals surface area contributed by atoms with Crippen LogP contribution in [0.4, 0.5) is 0 Å². The zero-order valence-electron chi connectivity index (χ0n) is 6.75. The molecule has 0 aliphatic carbocycles. The zero-order valence-corrected chi connectivity index (χ0v) is 6.75. The Hall–Kier alpha value is -1.34. The Bertz CT molecular complexity index is 196. The van der Waals surface area contributed by atoms with Gasteiger partial charge in [-0.1, -0.05) is 5.92 Å². The van der Waals surface area contributed by atoms with E-state index in [0.717, 1.165) is 0 Å². The van der Waals surface area contributed by atoms with E-state index in [1.165, 1.54) is 0 Å². The summed E-state index contributed by atoms with van der Waals surface area (Å²) >= 11 is 0. The monoisotopic (exact) mass is 168 g/mol.